The first-order valence-corrected chi connectivity index (χ1v) is 7.30. The lowest BCUT2D eigenvalue weighted by Crippen LogP contribution is -2.53. The monoisotopic (exact) mass is 287 g/mol. The van der Waals surface area contributed by atoms with Gasteiger partial charge in [0, 0.05) is 25.1 Å². The van der Waals surface area contributed by atoms with Crippen molar-refractivity contribution in [3.8, 4) is 0 Å². The number of rotatable bonds is 5. The maximum Gasteiger partial charge on any atom is 0.306 e. The van der Waals surface area contributed by atoms with Gasteiger partial charge in [0.15, 0.2) is 0 Å². The minimum Gasteiger partial charge on any atom is -0.481 e. The highest BCUT2D eigenvalue weighted by Gasteiger charge is 2.36. The highest BCUT2D eigenvalue weighted by molar-refractivity contribution is 5.92. The van der Waals surface area contributed by atoms with Gasteiger partial charge in [-0.25, -0.2) is 0 Å². The van der Waals surface area contributed by atoms with E-state index in [0.29, 0.717) is 13.1 Å². The Morgan fingerprint density at radius 1 is 1.33 bits per heavy atom. The molecule has 4 nitrogen and oxygen atoms in total. The minimum atomic E-state index is -0.793. The summed E-state index contributed by atoms with van der Waals surface area (Å²) in [6.45, 7) is 4.86. The molecule has 0 aromatic heterocycles. The number of carbonyl (C=O) groups is 2. The summed E-state index contributed by atoms with van der Waals surface area (Å²) >= 11 is 0. The Labute approximate surface area is 125 Å². The van der Waals surface area contributed by atoms with Crippen molar-refractivity contribution >= 4 is 18.0 Å². The van der Waals surface area contributed by atoms with E-state index in [2.05, 4.69) is 19.1 Å². The van der Waals surface area contributed by atoms with Crippen molar-refractivity contribution in [3.05, 3.63) is 41.5 Å². The molecule has 1 aliphatic heterocycles. The number of hydrogen-bond donors (Lipinski definition) is 1. The zero-order valence-corrected chi connectivity index (χ0v) is 12.5. The molecule has 1 heterocycles. The fourth-order valence-electron chi connectivity index (χ4n) is 2.35. The first kappa shape index (κ1) is 15.3. The van der Waals surface area contributed by atoms with Crippen LogP contribution in [0.25, 0.3) is 6.08 Å². The van der Waals surface area contributed by atoms with Crippen molar-refractivity contribution in [1.29, 1.82) is 0 Å². The van der Waals surface area contributed by atoms with Gasteiger partial charge < -0.3 is 10.0 Å². The number of aliphatic carboxylic acids is 1. The fourth-order valence-corrected chi connectivity index (χ4v) is 2.35. The molecule has 1 amide bonds. The number of carboxylic acid groups (broad SMARTS) is 1. The van der Waals surface area contributed by atoms with Gasteiger partial charge in [-0.2, -0.15) is 0 Å². The summed E-state index contributed by atoms with van der Waals surface area (Å²) in [5.74, 6) is -1.16. The van der Waals surface area contributed by atoms with Gasteiger partial charge in [-0.1, -0.05) is 38.1 Å². The van der Waals surface area contributed by atoms with Gasteiger partial charge in [0.25, 0.3) is 0 Å². The topological polar surface area (TPSA) is 57.6 Å². The molecule has 112 valence electrons. The molecule has 1 aromatic carbocycles. The van der Waals surface area contributed by atoms with Crippen LogP contribution >= 0.6 is 0 Å². The summed E-state index contributed by atoms with van der Waals surface area (Å²) in [4.78, 5) is 24.5. The van der Waals surface area contributed by atoms with Gasteiger partial charge >= 0.3 is 5.97 Å². The third kappa shape index (κ3) is 3.72. The Kier molecular flexibility index (Phi) is 4.78. The van der Waals surface area contributed by atoms with Gasteiger partial charge in [-0.3, -0.25) is 9.59 Å². The van der Waals surface area contributed by atoms with E-state index in [-0.39, 0.29) is 17.7 Å². The highest BCUT2D eigenvalue weighted by Crippen LogP contribution is 2.24. The summed E-state index contributed by atoms with van der Waals surface area (Å²) < 4.78 is 0. The van der Waals surface area contributed by atoms with E-state index < -0.39 is 5.97 Å². The highest BCUT2D eigenvalue weighted by atomic mass is 16.4. The summed E-state index contributed by atoms with van der Waals surface area (Å²) in [5, 5.41) is 8.92. The van der Waals surface area contributed by atoms with E-state index in [1.54, 1.807) is 24.0 Å². The normalized spacial score (nSPS) is 16.8. The molecule has 1 fully saturated rings. The number of likely N-dealkylation sites (tertiary alicyclic amines) is 1. The van der Waals surface area contributed by atoms with Crippen LogP contribution < -0.4 is 0 Å². The van der Waals surface area contributed by atoms with Crippen molar-refractivity contribution in [3.63, 3.8) is 0 Å². The molecule has 1 unspecified atom stereocenters. The van der Waals surface area contributed by atoms with Crippen LogP contribution in [-0.2, 0) is 16.0 Å². The first-order chi connectivity index (χ1) is 10.0. The zero-order valence-electron chi connectivity index (χ0n) is 12.5. The molecule has 4 heteroatoms. The lowest BCUT2D eigenvalue weighted by Gasteiger charge is -2.40. The van der Waals surface area contributed by atoms with Gasteiger partial charge in [-0.15, -0.1) is 0 Å². The number of carbonyl (C=O) groups excluding carboxylic acids is 1. The molecule has 0 spiro atoms. The number of aryl methyl sites for hydroxylation is 1. The molecule has 1 atom stereocenters. The van der Waals surface area contributed by atoms with E-state index in [9.17, 15) is 9.59 Å². The Balaban J connectivity index is 1.85. The lowest BCUT2D eigenvalue weighted by molar-refractivity contribution is -0.148. The SMILES string of the molecule is CCc1ccc(/C=C/C(=O)N2CC(C(C)C(=O)O)C2)cc1. The Bertz CT molecular complexity index is 542. The van der Waals surface area contributed by atoms with Crippen LogP contribution in [-0.4, -0.2) is 35.0 Å². The smallest absolute Gasteiger partial charge is 0.306 e. The van der Waals surface area contributed by atoms with Gasteiger partial charge in [0.1, 0.15) is 0 Å². The molecule has 0 radical (unpaired) electrons. The van der Waals surface area contributed by atoms with Gasteiger partial charge in [0.2, 0.25) is 5.91 Å². The fraction of sp³-hybridized carbons (Fsp3) is 0.412. The van der Waals surface area contributed by atoms with Crippen LogP contribution in [0.2, 0.25) is 0 Å². The van der Waals surface area contributed by atoms with Gasteiger partial charge in [-0.05, 0) is 23.6 Å². The number of benzene rings is 1. The number of nitrogens with zero attached hydrogens (tertiary/aromatic N) is 1. The number of carboxylic acids is 1. The molecule has 0 saturated carbocycles. The largest absolute Gasteiger partial charge is 0.481 e. The molecule has 0 aliphatic carbocycles. The van der Waals surface area contributed by atoms with E-state index in [1.165, 1.54) is 5.56 Å². The third-order valence-electron chi connectivity index (χ3n) is 4.12. The second-order valence-corrected chi connectivity index (χ2v) is 5.56. The molecule has 2 rings (SSSR count). The van der Waals surface area contributed by atoms with Crippen LogP contribution in [0.1, 0.15) is 25.0 Å². The summed E-state index contributed by atoms with van der Waals surface area (Å²) in [6.07, 6.45) is 4.36. The predicted molar refractivity (Wildman–Crippen MR) is 81.7 cm³/mol. The summed E-state index contributed by atoms with van der Waals surface area (Å²) in [6, 6.07) is 8.10. The third-order valence-corrected chi connectivity index (χ3v) is 4.12. The van der Waals surface area contributed by atoms with Crippen molar-refractivity contribution in [2.75, 3.05) is 13.1 Å². The quantitative estimate of drug-likeness (QED) is 0.846. The van der Waals surface area contributed by atoms with Crippen LogP contribution in [0.4, 0.5) is 0 Å². The van der Waals surface area contributed by atoms with Crippen LogP contribution in [0.15, 0.2) is 30.3 Å². The van der Waals surface area contributed by atoms with Crippen LogP contribution in [0, 0.1) is 11.8 Å². The molecule has 21 heavy (non-hydrogen) atoms. The maximum absolute atomic E-state index is 12.0. The molecule has 1 saturated heterocycles. The average molecular weight is 287 g/mol. The average Bonchev–Trinajstić information content (AvgIpc) is 2.43. The summed E-state index contributed by atoms with van der Waals surface area (Å²) in [5.41, 5.74) is 2.27. The van der Waals surface area contributed by atoms with E-state index in [4.69, 9.17) is 5.11 Å². The van der Waals surface area contributed by atoms with Crippen LogP contribution in [0.5, 0.6) is 0 Å². The molecule has 1 aromatic rings. The molecule has 1 N–H and O–H groups in total. The second-order valence-electron chi connectivity index (χ2n) is 5.56. The van der Waals surface area contributed by atoms with Crippen molar-refractivity contribution in [1.82, 2.24) is 4.90 Å². The molecule has 0 bridgehead atoms. The Morgan fingerprint density at radius 2 is 1.95 bits per heavy atom. The molecular formula is C17H21NO3. The maximum atomic E-state index is 12.0. The molecular weight excluding hydrogens is 266 g/mol. The number of amides is 1. The zero-order chi connectivity index (χ0) is 15.4. The predicted octanol–water partition coefficient (Wildman–Crippen LogP) is 2.44. The van der Waals surface area contributed by atoms with E-state index >= 15 is 0 Å². The second kappa shape index (κ2) is 6.57. The lowest BCUT2D eigenvalue weighted by atomic mass is 9.87. The van der Waals surface area contributed by atoms with Crippen LogP contribution in [0.3, 0.4) is 0 Å². The Hall–Kier alpha value is -2.10. The van der Waals surface area contributed by atoms with Gasteiger partial charge in [0.05, 0.1) is 5.92 Å². The minimum absolute atomic E-state index is 0.0524. The molecule has 1 aliphatic rings. The first-order valence-electron chi connectivity index (χ1n) is 7.30. The van der Waals surface area contributed by atoms with E-state index in [1.807, 2.05) is 12.1 Å². The standard InChI is InChI=1S/C17H21NO3/c1-3-13-4-6-14(7-5-13)8-9-16(19)18-10-15(11-18)12(2)17(20)21/h4-9,12,15H,3,10-11H2,1-2H3,(H,20,21)/b9-8+. The summed E-state index contributed by atoms with van der Waals surface area (Å²) in [7, 11) is 0. The van der Waals surface area contributed by atoms with Crippen molar-refractivity contribution in [2.45, 2.75) is 20.3 Å². The van der Waals surface area contributed by atoms with E-state index in [0.717, 1.165) is 12.0 Å². The van der Waals surface area contributed by atoms with Crippen molar-refractivity contribution in [2.24, 2.45) is 11.8 Å². The Morgan fingerprint density at radius 3 is 2.48 bits per heavy atom. The van der Waals surface area contributed by atoms with Crippen molar-refractivity contribution < 1.29 is 14.7 Å². The number of hydrogen-bond acceptors (Lipinski definition) is 2.